The Balaban J connectivity index is 3.50. The van der Waals surface area contributed by atoms with Crippen LogP contribution in [0.3, 0.4) is 0 Å². The summed E-state index contributed by atoms with van der Waals surface area (Å²) in [5.74, 6) is 1.45. The molecule has 62 valence electrons. The third-order valence-electron chi connectivity index (χ3n) is 1.69. The predicted octanol–water partition coefficient (Wildman–Crippen LogP) is 2.25. The number of hydrogen-bond donors (Lipinski definition) is 1. The number of halogens is 1. The molecule has 1 unspecified atom stereocenters. The number of alkyl halides is 1. The van der Waals surface area contributed by atoms with Crippen molar-refractivity contribution in [2.24, 2.45) is 5.92 Å². The molecule has 0 aromatic rings. The number of hydrogen-bond acceptors (Lipinski definition) is 1. The van der Waals surface area contributed by atoms with Gasteiger partial charge in [-0.05, 0) is 18.9 Å². The van der Waals surface area contributed by atoms with Gasteiger partial charge in [-0.1, -0.05) is 20.8 Å². The average molecular weight is 164 g/mol. The Hall–Kier alpha value is 0.250. The third-order valence-corrected chi connectivity index (χ3v) is 1.91. The zero-order chi connectivity index (χ0) is 7.98. The van der Waals surface area contributed by atoms with E-state index in [-0.39, 0.29) is 0 Å². The molecule has 0 heterocycles. The molecule has 2 heteroatoms. The van der Waals surface area contributed by atoms with Crippen molar-refractivity contribution < 1.29 is 0 Å². The molecule has 0 aliphatic rings. The van der Waals surface area contributed by atoms with E-state index in [9.17, 15) is 0 Å². The molecule has 0 amide bonds. The second kappa shape index (κ2) is 5.99. The van der Waals surface area contributed by atoms with Crippen LogP contribution < -0.4 is 5.32 Å². The van der Waals surface area contributed by atoms with Crippen LogP contribution in [0, 0.1) is 5.92 Å². The molecule has 0 rings (SSSR count). The van der Waals surface area contributed by atoms with E-state index in [0.717, 1.165) is 18.8 Å². The van der Waals surface area contributed by atoms with Crippen molar-refractivity contribution in [2.75, 3.05) is 12.4 Å². The summed E-state index contributed by atoms with van der Waals surface area (Å²) in [7, 11) is 0. The Bertz CT molecular complexity index is 67.7. The van der Waals surface area contributed by atoms with Crippen molar-refractivity contribution in [1.29, 1.82) is 0 Å². The highest BCUT2D eigenvalue weighted by Gasteiger charge is 2.09. The van der Waals surface area contributed by atoms with E-state index in [1.807, 2.05) is 0 Å². The Morgan fingerprint density at radius 1 is 1.40 bits per heavy atom. The Morgan fingerprint density at radius 2 is 2.00 bits per heavy atom. The molecule has 0 spiro atoms. The maximum absolute atomic E-state index is 5.64. The van der Waals surface area contributed by atoms with Crippen molar-refractivity contribution in [3.05, 3.63) is 0 Å². The summed E-state index contributed by atoms with van der Waals surface area (Å²) in [5.41, 5.74) is 0. The first-order chi connectivity index (χ1) is 4.72. The van der Waals surface area contributed by atoms with Crippen LogP contribution in [0.5, 0.6) is 0 Å². The fourth-order valence-corrected chi connectivity index (χ4v) is 1.29. The van der Waals surface area contributed by atoms with E-state index < -0.39 is 0 Å². The molecule has 0 saturated heterocycles. The fraction of sp³-hybridized carbons (Fsp3) is 1.00. The van der Waals surface area contributed by atoms with Gasteiger partial charge in [0.1, 0.15) is 0 Å². The van der Waals surface area contributed by atoms with Crippen LogP contribution in [0.4, 0.5) is 0 Å². The van der Waals surface area contributed by atoms with E-state index in [1.54, 1.807) is 0 Å². The lowest BCUT2D eigenvalue weighted by Crippen LogP contribution is -2.33. The lowest BCUT2D eigenvalue weighted by atomic mass is 10.0. The second-order valence-electron chi connectivity index (χ2n) is 2.89. The first kappa shape index (κ1) is 10.2. The molecule has 0 aromatic carbocycles. The van der Waals surface area contributed by atoms with Gasteiger partial charge in [0.2, 0.25) is 0 Å². The van der Waals surface area contributed by atoms with Crippen LogP contribution in [0.2, 0.25) is 0 Å². The molecular weight excluding hydrogens is 146 g/mol. The Morgan fingerprint density at radius 3 is 2.30 bits per heavy atom. The maximum atomic E-state index is 5.64. The topological polar surface area (TPSA) is 12.0 Å². The van der Waals surface area contributed by atoms with E-state index in [0.29, 0.717) is 12.0 Å². The molecule has 10 heavy (non-hydrogen) atoms. The van der Waals surface area contributed by atoms with Gasteiger partial charge < -0.3 is 5.32 Å². The largest absolute Gasteiger partial charge is 0.314 e. The molecule has 0 aromatic heterocycles. The quantitative estimate of drug-likeness (QED) is 0.614. The molecule has 0 aliphatic carbocycles. The molecule has 0 fully saturated rings. The summed E-state index contributed by atoms with van der Waals surface area (Å²) in [6, 6.07) is 0.600. The second-order valence-corrected chi connectivity index (χ2v) is 3.26. The number of rotatable bonds is 5. The predicted molar refractivity (Wildman–Crippen MR) is 47.6 cm³/mol. The standard InChI is InChI=1S/C8H18ClN/c1-4-10-8(5-6-9)7(2)3/h7-8,10H,4-6H2,1-3H3. The molecule has 0 aliphatic heterocycles. The van der Waals surface area contributed by atoms with E-state index in [4.69, 9.17) is 11.6 Å². The summed E-state index contributed by atoms with van der Waals surface area (Å²) in [6.07, 6.45) is 1.08. The minimum absolute atomic E-state index is 0.600. The van der Waals surface area contributed by atoms with Crippen LogP contribution in [-0.2, 0) is 0 Å². The van der Waals surface area contributed by atoms with Gasteiger partial charge in [-0.3, -0.25) is 0 Å². The lowest BCUT2D eigenvalue weighted by molar-refractivity contribution is 0.399. The van der Waals surface area contributed by atoms with Gasteiger partial charge in [-0.15, -0.1) is 11.6 Å². The van der Waals surface area contributed by atoms with E-state index in [2.05, 4.69) is 26.1 Å². The zero-order valence-corrected chi connectivity index (χ0v) is 7.91. The summed E-state index contributed by atoms with van der Waals surface area (Å²) in [6.45, 7) is 7.61. The van der Waals surface area contributed by atoms with Gasteiger partial charge in [-0.2, -0.15) is 0 Å². The van der Waals surface area contributed by atoms with Crippen LogP contribution in [-0.4, -0.2) is 18.5 Å². The van der Waals surface area contributed by atoms with Crippen molar-refractivity contribution >= 4 is 11.6 Å². The zero-order valence-electron chi connectivity index (χ0n) is 7.15. The van der Waals surface area contributed by atoms with E-state index in [1.165, 1.54) is 0 Å². The van der Waals surface area contributed by atoms with Gasteiger partial charge in [0.05, 0.1) is 0 Å². The van der Waals surface area contributed by atoms with Crippen molar-refractivity contribution in [3.8, 4) is 0 Å². The smallest absolute Gasteiger partial charge is 0.0238 e. The van der Waals surface area contributed by atoms with Gasteiger partial charge >= 0.3 is 0 Å². The highest BCUT2D eigenvalue weighted by atomic mass is 35.5. The molecule has 0 radical (unpaired) electrons. The van der Waals surface area contributed by atoms with E-state index >= 15 is 0 Å². The highest BCUT2D eigenvalue weighted by molar-refractivity contribution is 6.17. The van der Waals surface area contributed by atoms with Crippen LogP contribution in [0.1, 0.15) is 27.2 Å². The fourth-order valence-electron chi connectivity index (χ4n) is 1.05. The summed E-state index contributed by atoms with van der Waals surface area (Å²) >= 11 is 5.64. The average Bonchev–Trinajstić information content (AvgIpc) is 1.87. The Labute approximate surface area is 69.1 Å². The van der Waals surface area contributed by atoms with Crippen LogP contribution in [0.15, 0.2) is 0 Å². The van der Waals surface area contributed by atoms with Crippen LogP contribution >= 0.6 is 11.6 Å². The molecule has 1 atom stereocenters. The Kier molecular flexibility index (Phi) is 6.14. The van der Waals surface area contributed by atoms with Crippen molar-refractivity contribution in [2.45, 2.75) is 33.2 Å². The molecule has 1 N–H and O–H groups in total. The monoisotopic (exact) mass is 163 g/mol. The van der Waals surface area contributed by atoms with Crippen molar-refractivity contribution in [3.63, 3.8) is 0 Å². The minimum Gasteiger partial charge on any atom is -0.314 e. The molecule has 0 saturated carbocycles. The first-order valence-corrected chi connectivity index (χ1v) is 4.55. The maximum Gasteiger partial charge on any atom is 0.0238 e. The summed E-state index contributed by atoms with van der Waals surface area (Å²) < 4.78 is 0. The van der Waals surface area contributed by atoms with Gasteiger partial charge in [0.25, 0.3) is 0 Å². The third kappa shape index (κ3) is 4.13. The minimum atomic E-state index is 0.600. The van der Waals surface area contributed by atoms with Crippen LogP contribution in [0.25, 0.3) is 0 Å². The summed E-state index contributed by atoms with van der Waals surface area (Å²) in [5, 5.41) is 3.40. The normalized spacial score (nSPS) is 14.1. The SMILES string of the molecule is CCNC(CCCl)C(C)C. The van der Waals surface area contributed by atoms with Gasteiger partial charge in [-0.25, -0.2) is 0 Å². The van der Waals surface area contributed by atoms with Crippen molar-refractivity contribution in [1.82, 2.24) is 5.32 Å². The lowest BCUT2D eigenvalue weighted by Gasteiger charge is -2.20. The molecule has 0 bridgehead atoms. The number of nitrogens with one attached hydrogen (secondary N) is 1. The van der Waals surface area contributed by atoms with Gasteiger partial charge in [0, 0.05) is 11.9 Å². The van der Waals surface area contributed by atoms with Gasteiger partial charge in [0.15, 0.2) is 0 Å². The summed E-state index contributed by atoms with van der Waals surface area (Å²) in [4.78, 5) is 0. The molecular formula is C8H18ClN. The highest BCUT2D eigenvalue weighted by Crippen LogP contribution is 2.06. The first-order valence-electron chi connectivity index (χ1n) is 4.01. The molecule has 1 nitrogen and oxygen atoms in total.